The number of hydrogen-bond donors (Lipinski definition) is 2. The molecule has 7 rings (SSSR count). The number of anilines is 2. The molecule has 41 heavy (non-hydrogen) atoms. The molecule has 0 fully saturated rings. The third-order valence-corrected chi connectivity index (χ3v) is 8.06. The Kier molecular flexibility index (Phi) is 6.01. The lowest BCUT2D eigenvalue weighted by Crippen LogP contribution is -2.46. The number of nitrogens with zero attached hydrogens (tertiary/aromatic N) is 5. The molecule has 1 unspecified atom stereocenters. The monoisotopic (exact) mass is 602 g/mol. The number of benzene rings is 4. The Bertz CT molecular complexity index is 1890. The van der Waals surface area contributed by atoms with E-state index < -0.39 is 6.04 Å². The number of aliphatic imine (C=N–C) groups is 2. The van der Waals surface area contributed by atoms with Crippen LogP contribution in [0.1, 0.15) is 34.0 Å². The first-order valence-electron chi connectivity index (χ1n) is 13.4. The first-order chi connectivity index (χ1) is 19.9. The van der Waals surface area contributed by atoms with Crippen molar-refractivity contribution in [2.75, 3.05) is 10.2 Å². The van der Waals surface area contributed by atoms with Crippen molar-refractivity contribution >= 4 is 50.5 Å². The molecule has 2 aliphatic rings. The van der Waals surface area contributed by atoms with E-state index in [1.165, 1.54) is 0 Å². The van der Waals surface area contributed by atoms with E-state index in [4.69, 9.17) is 15.1 Å². The molecule has 4 aromatic carbocycles. The minimum atomic E-state index is -0.417. The number of aromatic hydroxyl groups is 1. The molecular weight excluding hydrogens is 576 g/mol. The van der Waals surface area contributed by atoms with Gasteiger partial charge in [0.15, 0.2) is 17.5 Å². The van der Waals surface area contributed by atoms with Gasteiger partial charge in [0.25, 0.3) is 0 Å². The van der Waals surface area contributed by atoms with Crippen LogP contribution in [0, 0.1) is 20.8 Å². The summed E-state index contributed by atoms with van der Waals surface area (Å²) in [5.74, 6) is 2.18. The van der Waals surface area contributed by atoms with E-state index in [9.17, 15) is 5.11 Å². The molecule has 0 spiro atoms. The number of rotatable bonds is 3. The van der Waals surface area contributed by atoms with Crippen LogP contribution in [0.3, 0.4) is 0 Å². The van der Waals surface area contributed by atoms with Crippen molar-refractivity contribution in [1.29, 1.82) is 0 Å². The minimum absolute atomic E-state index is 0.196. The Morgan fingerprint density at radius 2 is 1.63 bits per heavy atom. The fourth-order valence-corrected chi connectivity index (χ4v) is 5.96. The maximum Gasteiger partial charge on any atom is 0.179 e. The molecule has 5 aromatic rings. The van der Waals surface area contributed by atoms with Crippen molar-refractivity contribution in [3.8, 4) is 11.4 Å². The topological polar surface area (TPSA) is 78.0 Å². The van der Waals surface area contributed by atoms with Crippen molar-refractivity contribution in [1.82, 2.24) is 9.78 Å². The Morgan fingerprint density at radius 3 is 2.46 bits per heavy atom. The molecule has 0 amide bonds. The summed E-state index contributed by atoms with van der Waals surface area (Å²) in [5, 5.41) is 19.8. The Balaban J connectivity index is 1.53. The van der Waals surface area contributed by atoms with Crippen LogP contribution in [-0.4, -0.2) is 26.6 Å². The standard InChI is InChI=1S/C33H27BrN6O/c1-19-13-14-20(2)26(17-19)36-31-33-37-32-29(21(3)38-40(32)23-9-5-4-6-10-23)30(24-18-22(34)15-16-28(24)41)39(33)27-12-8-7-11-25(27)35-31/h4-18,30,41H,1-3H3,(H,35,36). The second-order valence-corrected chi connectivity index (χ2v) is 11.3. The highest BCUT2D eigenvalue weighted by molar-refractivity contribution is 9.10. The largest absolute Gasteiger partial charge is 0.508 e. The summed E-state index contributed by atoms with van der Waals surface area (Å²) < 4.78 is 2.75. The van der Waals surface area contributed by atoms with Gasteiger partial charge in [-0.2, -0.15) is 5.10 Å². The molecule has 1 aromatic heterocycles. The summed E-state index contributed by atoms with van der Waals surface area (Å²) in [5.41, 5.74) is 8.34. The fraction of sp³-hybridized carbons (Fsp3) is 0.121. The number of aryl methyl sites for hydroxylation is 3. The van der Waals surface area contributed by atoms with Gasteiger partial charge in [-0.1, -0.05) is 58.4 Å². The molecule has 2 N–H and O–H groups in total. The van der Waals surface area contributed by atoms with E-state index >= 15 is 0 Å². The maximum atomic E-state index is 11.3. The van der Waals surface area contributed by atoms with E-state index in [0.29, 0.717) is 17.5 Å². The lowest BCUT2D eigenvalue weighted by molar-refractivity contribution is 0.465. The van der Waals surface area contributed by atoms with Gasteiger partial charge in [-0.25, -0.2) is 14.7 Å². The average Bonchev–Trinajstić information content (AvgIpc) is 3.31. The van der Waals surface area contributed by atoms with Gasteiger partial charge >= 0.3 is 0 Å². The zero-order valence-corrected chi connectivity index (χ0v) is 24.4. The number of para-hydroxylation sites is 3. The second-order valence-electron chi connectivity index (χ2n) is 10.4. The Morgan fingerprint density at radius 1 is 0.854 bits per heavy atom. The number of phenols is 1. The summed E-state index contributed by atoms with van der Waals surface area (Å²) in [6.45, 7) is 6.15. The summed E-state index contributed by atoms with van der Waals surface area (Å²) in [7, 11) is 0. The van der Waals surface area contributed by atoms with Crippen molar-refractivity contribution in [3.05, 3.63) is 123 Å². The number of hydrogen-bond acceptors (Lipinski definition) is 6. The predicted molar refractivity (Wildman–Crippen MR) is 169 cm³/mol. The van der Waals surface area contributed by atoms with E-state index in [1.807, 2.05) is 78.3 Å². The predicted octanol–water partition coefficient (Wildman–Crippen LogP) is 8.06. The van der Waals surface area contributed by atoms with E-state index in [0.717, 1.165) is 55.2 Å². The molecule has 7 nitrogen and oxygen atoms in total. The van der Waals surface area contributed by atoms with Gasteiger partial charge in [0, 0.05) is 21.3 Å². The number of nitrogens with one attached hydrogen (secondary N) is 1. The third-order valence-electron chi connectivity index (χ3n) is 7.57. The molecule has 8 heteroatoms. The first-order valence-corrected chi connectivity index (χ1v) is 14.2. The van der Waals surface area contributed by atoms with E-state index in [2.05, 4.69) is 58.2 Å². The van der Waals surface area contributed by atoms with Gasteiger partial charge in [-0.15, -0.1) is 0 Å². The number of halogens is 1. The molecule has 0 saturated carbocycles. The zero-order chi connectivity index (χ0) is 28.2. The van der Waals surface area contributed by atoms with Gasteiger partial charge in [0.2, 0.25) is 0 Å². The summed E-state index contributed by atoms with van der Waals surface area (Å²) in [6, 6.07) is 29.5. The SMILES string of the molecule is Cc1ccc(C)c(NC2=Nc3ccccc3N3C2=Nc2c(c(C)nn2-c2ccccc2)C3c2cc(Br)ccc2O)c1. The quantitative estimate of drug-likeness (QED) is 0.219. The van der Waals surface area contributed by atoms with Crippen LogP contribution in [0.5, 0.6) is 5.75 Å². The summed E-state index contributed by atoms with van der Waals surface area (Å²) >= 11 is 3.64. The van der Waals surface area contributed by atoms with E-state index in [1.54, 1.807) is 6.07 Å². The van der Waals surface area contributed by atoms with Crippen molar-refractivity contribution in [2.45, 2.75) is 26.8 Å². The number of fused-ring (bicyclic) bond motifs is 4. The second kappa shape index (κ2) is 9.74. The van der Waals surface area contributed by atoms with Gasteiger partial charge in [-0.05, 0) is 80.4 Å². The highest BCUT2D eigenvalue weighted by Gasteiger charge is 2.42. The normalized spacial score (nSPS) is 15.4. The molecule has 3 heterocycles. The lowest BCUT2D eigenvalue weighted by Gasteiger charge is -2.40. The number of phenolic OH excluding ortho intramolecular Hbond substituents is 1. The van der Waals surface area contributed by atoms with Crippen molar-refractivity contribution < 1.29 is 5.11 Å². The molecular formula is C33H27BrN6O. The van der Waals surface area contributed by atoms with Crippen molar-refractivity contribution in [3.63, 3.8) is 0 Å². The smallest absolute Gasteiger partial charge is 0.179 e. The Hall–Kier alpha value is -4.69. The highest BCUT2D eigenvalue weighted by Crippen LogP contribution is 2.50. The average molecular weight is 604 g/mol. The Labute approximate surface area is 246 Å². The van der Waals surface area contributed by atoms with Gasteiger partial charge in [0.05, 0.1) is 28.8 Å². The molecule has 0 saturated heterocycles. The van der Waals surface area contributed by atoms with E-state index in [-0.39, 0.29) is 5.75 Å². The number of amidine groups is 2. The molecule has 202 valence electrons. The molecule has 2 aliphatic heterocycles. The molecule has 0 radical (unpaired) electrons. The van der Waals surface area contributed by atoms with Crippen molar-refractivity contribution in [2.24, 2.45) is 9.98 Å². The van der Waals surface area contributed by atoms with Gasteiger partial charge in [0.1, 0.15) is 5.75 Å². The van der Waals surface area contributed by atoms with Crippen LogP contribution in [0.25, 0.3) is 5.69 Å². The van der Waals surface area contributed by atoms with Gasteiger partial charge in [-0.3, -0.25) is 0 Å². The first kappa shape index (κ1) is 25.3. The minimum Gasteiger partial charge on any atom is -0.508 e. The van der Waals surface area contributed by atoms with Crippen LogP contribution in [-0.2, 0) is 0 Å². The van der Waals surface area contributed by atoms with Crippen LogP contribution in [0.15, 0.2) is 105 Å². The summed E-state index contributed by atoms with van der Waals surface area (Å²) in [6.07, 6.45) is 0. The lowest BCUT2D eigenvalue weighted by atomic mass is 9.92. The van der Waals surface area contributed by atoms with Crippen LogP contribution in [0.2, 0.25) is 0 Å². The number of aromatic nitrogens is 2. The molecule has 1 atom stereocenters. The highest BCUT2D eigenvalue weighted by atomic mass is 79.9. The van der Waals surface area contributed by atoms with Crippen LogP contribution < -0.4 is 10.2 Å². The third kappa shape index (κ3) is 4.22. The maximum absolute atomic E-state index is 11.3. The molecule has 0 bridgehead atoms. The van der Waals surface area contributed by atoms with Crippen LogP contribution >= 0.6 is 15.9 Å². The fourth-order valence-electron chi connectivity index (χ4n) is 5.58. The summed E-state index contributed by atoms with van der Waals surface area (Å²) in [4.78, 5) is 12.5. The van der Waals surface area contributed by atoms with Gasteiger partial charge < -0.3 is 15.3 Å². The molecule has 0 aliphatic carbocycles. The van der Waals surface area contributed by atoms with Crippen LogP contribution in [0.4, 0.5) is 22.9 Å². The zero-order valence-electron chi connectivity index (χ0n) is 22.8.